The van der Waals surface area contributed by atoms with Gasteiger partial charge in [0.1, 0.15) is 5.82 Å². The molecule has 0 bridgehead atoms. The van der Waals surface area contributed by atoms with Crippen LogP contribution in [0.2, 0.25) is 0 Å². The molecule has 7 nitrogen and oxygen atoms in total. The smallest absolute Gasteiger partial charge is 0.330 e. The number of nitrogens with one attached hydrogen (secondary N) is 1. The number of anilines is 2. The average molecular weight is 443 g/mol. The zero-order valence-electron chi connectivity index (χ0n) is 20.1. The number of nitrogen functional groups attached to an aromatic ring is 1. The first-order valence-electron chi connectivity index (χ1n) is 11.7. The Bertz CT molecular complexity index is 1000. The number of amides is 1. The number of nitrogens with two attached hydrogens (primary N) is 1. The van der Waals surface area contributed by atoms with Gasteiger partial charge in [0, 0.05) is 19.5 Å². The molecular formula is C25H38N4O3. The van der Waals surface area contributed by atoms with Gasteiger partial charge in [-0.3, -0.25) is 19.1 Å². The number of hydrogen-bond donors (Lipinski definition) is 2. The van der Waals surface area contributed by atoms with E-state index in [0.717, 1.165) is 24.8 Å². The van der Waals surface area contributed by atoms with E-state index in [-0.39, 0.29) is 23.8 Å². The fraction of sp³-hybridized carbons (Fsp3) is 0.560. The van der Waals surface area contributed by atoms with Crippen molar-refractivity contribution in [3.8, 4) is 0 Å². The lowest BCUT2D eigenvalue weighted by Gasteiger charge is -2.25. The SMILES string of the molecule is CCCCn1c(N)c(N(CCC(C)C)C(=O)CCc2ccc(C(C)C)cc2)c(=O)[nH]c1=O. The van der Waals surface area contributed by atoms with Crippen LogP contribution in [0.1, 0.15) is 77.3 Å². The summed E-state index contributed by atoms with van der Waals surface area (Å²) in [7, 11) is 0. The Labute approximate surface area is 190 Å². The van der Waals surface area contributed by atoms with Gasteiger partial charge in [-0.05, 0) is 42.2 Å². The predicted octanol–water partition coefficient (Wildman–Crippen LogP) is 4.05. The van der Waals surface area contributed by atoms with Crippen molar-refractivity contribution in [3.05, 3.63) is 56.2 Å². The molecule has 0 saturated heterocycles. The van der Waals surface area contributed by atoms with Crippen LogP contribution in [-0.4, -0.2) is 22.0 Å². The van der Waals surface area contributed by atoms with E-state index in [9.17, 15) is 14.4 Å². The Balaban J connectivity index is 2.32. The minimum absolute atomic E-state index is 0.0607. The highest BCUT2D eigenvalue weighted by Gasteiger charge is 2.24. The van der Waals surface area contributed by atoms with Gasteiger partial charge in [-0.2, -0.15) is 0 Å². The fourth-order valence-corrected chi connectivity index (χ4v) is 3.58. The van der Waals surface area contributed by atoms with E-state index >= 15 is 0 Å². The van der Waals surface area contributed by atoms with Gasteiger partial charge in [-0.15, -0.1) is 0 Å². The van der Waals surface area contributed by atoms with Crippen molar-refractivity contribution in [1.29, 1.82) is 0 Å². The van der Waals surface area contributed by atoms with Crippen LogP contribution in [0.4, 0.5) is 11.5 Å². The van der Waals surface area contributed by atoms with Gasteiger partial charge in [0.2, 0.25) is 5.91 Å². The molecule has 0 saturated carbocycles. The van der Waals surface area contributed by atoms with Crippen LogP contribution in [0.15, 0.2) is 33.9 Å². The third kappa shape index (κ3) is 6.58. The molecule has 0 aliphatic rings. The van der Waals surface area contributed by atoms with Crippen molar-refractivity contribution in [2.45, 2.75) is 79.2 Å². The molecule has 1 amide bonds. The minimum Gasteiger partial charge on any atom is -0.383 e. The van der Waals surface area contributed by atoms with E-state index in [1.54, 1.807) is 0 Å². The zero-order valence-corrected chi connectivity index (χ0v) is 20.1. The van der Waals surface area contributed by atoms with E-state index in [0.29, 0.717) is 31.3 Å². The summed E-state index contributed by atoms with van der Waals surface area (Å²) in [5.41, 5.74) is 7.54. The Morgan fingerprint density at radius 3 is 2.34 bits per heavy atom. The first-order valence-corrected chi connectivity index (χ1v) is 11.7. The quantitative estimate of drug-likeness (QED) is 0.548. The summed E-state index contributed by atoms with van der Waals surface area (Å²) in [4.78, 5) is 42.1. The summed E-state index contributed by atoms with van der Waals surface area (Å²) in [5, 5.41) is 0. The lowest BCUT2D eigenvalue weighted by Crippen LogP contribution is -2.42. The molecular weight excluding hydrogens is 404 g/mol. The van der Waals surface area contributed by atoms with Gasteiger partial charge < -0.3 is 10.6 Å². The van der Waals surface area contributed by atoms with Gasteiger partial charge in [-0.1, -0.05) is 65.3 Å². The third-order valence-corrected chi connectivity index (χ3v) is 5.72. The highest BCUT2D eigenvalue weighted by molar-refractivity contribution is 5.95. The number of unbranched alkanes of at least 4 members (excludes halogenated alkanes) is 1. The molecule has 2 aromatic rings. The molecule has 1 heterocycles. The van der Waals surface area contributed by atoms with E-state index in [2.05, 4.69) is 44.8 Å². The number of carbonyl (C=O) groups is 1. The van der Waals surface area contributed by atoms with Crippen LogP contribution in [0, 0.1) is 5.92 Å². The fourth-order valence-electron chi connectivity index (χ4n) is 3.58. The number of H-pyrrole nitrogens is 1. The van der Waals surface area contributed by atoms with Crippen LogP contribution in [0.3, 0.4) is 0 Å². The second-order valence-electron chi connectivity index (χ2n) is 9.12. The molecule has 0 fully saturated rings. The maximum Gasteiger partial charge on any atom is 0.330 e. The Hall–Kier alpha value is -2.83. The topological polar surface area (TPSA) is 101 Å². The van der Waals surface area contributed by atoms with Crippen molar-refractivity contribution >= 4 is 17.4 Å². The maximum absolute atomic E-state index is 13.2. The second-order valence-corrected chi connectivity index (χ2v) is 9.12. The highest BCUT2D eigenvalue weighted by atomic mass is 16.2. The molecule has 3 N–H and O–H groups in total. The normalized spacial score (nSPS) is 11.3. The molecule has 0 radical (unpaired) electrons. The third-order valence-electron chi connectivity index (χ3n) is 5.72. The number of nitrogens with zero attached hydrogens (tertiary/aromatic N) is 2. The Morgan fingerprint density at radius 2 is 1.78 bits per heavy atom. The van der Waals surface area contributed by atoms with Crippen LogP contribution in [0.25, 0.3) is 0 Å². The number of aromatic amines is 1. The number of benzene rings is 1. The first-order chi connectivity index (χ1) is 15.1. The van der Waals surface area contributed by atoms with Crippen molar-refractivity contribution < 1.29 is 4.79 Å². The molecule has 0 atom stereocenters. The van der Waals surface area contributed by atoms with Gasteiger partial charge >= 0.3 is 5.69 Å². The second kappa shape index (κ2) is 11.7. The van der Waals surface area contributed by atoms with Crippen molar-refractivity contribution in [2.24, 2.45) is 5.92 Å². The molecule has 0 unspecified atom stereocenters. The number of aromatic nitrogens is 2. The summed E-state index contributed by atoms with van der Waals surface area (Å²) in [6.45, 7) is 11.2. The van der Waals surface area contributed by atoms with Gasteiger partial charge in [0.15, 0.2) is 5.69 Å². The standard InChI is InChI=1S/C25H38N4O3/c1-6-7-15-29-23(26)22(24(31)27-25(29)32)28(16-14-17(2)3)21(30)13-10-19-8-11-20(12-9-19)18(4)5/h8-9,11-12,17-18H,6-7,10,13-16,26H2,1-5H3,(H,27,31,32). The molecule has 0 aliphatic carbocycles. The lowest BCUT2D eigenvalue weighted by atomic mass is 10.00. The molecule has 1 aromatic heterocycles. The van der Waals surface area contributed by atoms with Crippen LogP contribution in [0.5, 0.6) is 0 Å². The molecule has 1 aromatic carbocycles. The van der Waals surface area contributed by atoms with Gasteiger partial charge in [-0.25, -0.2) is 4.79 Å². The zero-order chi connectivity index (χ0) is 23.8. The number of hydrogen-bond acceptors (Lipinski definition) is 4. The largest absolute Gasteiger partial charge is 0.383 e. The minimum atomic E-state index is -0.612. The van der Waals surface area contributed by atoms with Gasteiger partial charge in [0.25, 0.3) is 5.56 Å². The molecule has 0 aliphatic heterocycles. The molecule has 0 spiro atoms. The Morgan fingerprint density at radius 1 is 1.12 bits per heavy atom. The van der Waals surface area contributed by atoms with E-state index in [4.69, 9.17) is 5.73 Å². The first kappa shape index (κ1) is 25.4. The summed E-state index contributed by atoms with van der Waals surface area (Å²) >= 11 is 0. The van der Waals surface area contributed by atoms with Crippen molar-refractivity contribution in [2.75, 3.05) is 17.2 Å². The highest BCUT2D eigenvalue weighted by Crippen LogP contribution is 2.21. The van der Waals surface area contributed by atoms with Gasteiger partial charge in [0.05, 0.1) is 0 Å². The lowest BCUT2D eigenvalue weighted by molar-refractivity contribution is -0.118. The average Bonchev–Trinajstić information content (AvgIpc) is 2.74. The Kier molecular flexibility index (Phi) is 9.29. The summed E-state index contributed by atoms with van der Waals surface area (Å²) in [6, 6.07) is 8.28. The summed E-state index contributed by atoms with van der Waals surface area (Å²) in [6.07, 6.45) is 3.18. The van der Waals surface area contributed by atoms with E-state index < -0.39 is 11.2 Å². The number of carbonyl (C=O) groups excluding carboxylic acids is 1. The maximum atomic E-state index is 13.2. The van der Waals surface area contributed by atoms with Crippen molar-refractivity contribution in [1.82, 2.24) is 9.55 Å². The van der Waals surface area contributed by atoms with Crippen LogP contribution >= 0.6 is 0 Å². The monoisotopic (exact) mass is 442 g/mol. The molecule has 7 heteroatoms. The number of aryl methyl sites for hydroxylation is 1. The molecule has 32 heavy (non-hydrogen) atoms. The summed E-state index contributed by atoms with van der Waals surface area (Å²) < 4.78 is 1.36. The van der Waals surface area contributed by atoms with Crippen LogP contribution in [-0.2, 0) is 17.8 Å². The summed E-state index contributed by atoms with van der Waals surface area (Å²) in [5.74, 6) is 0.692. The van der Waals surface area contributed by atoms with Crippen molar-refractivity contribution in [3.63, 3.8) is 0 Å². The van der Waals surface area contributed by atoms with E-state index in [1.807, 2.05) is 19.1 Å². The molecule has 2 rings (SSSR count). The number of rotatable bonds is 11. The predicted molar refractivity (Wildman–Crippen MR) is 131 cm³/mol. The van der Waals surface area contributed by atoms with Crippen LogP contribution < -0.4 is 21.9 Å². The molecule has 176 valence electrons. The van der Waals surface area contributed by atoms with E-state index in [1.165, 1.54) is 15.0 Å².